The first-order valence-corrected chi connectivity index (χ1v) is 11.0. The molecule has 0 radical (unpaired) electrons. The number of fused-ring (bicyclic) bond motifs is 1. The van der Waals surface area contributed by atoms with Crippen LogP contribution in [0, 0.1) is 11.3 Å². The Hall–Kier alpha value is -3.91. The quantitative estimate of drug-likeness (QED) is 0.588. The lowest BCUT2D eigenvalue weighted by Gasteiger charge is -2.39. The maximum atomic E-state index is 12.6. The topological polar surface area (TPSA) is 129 Å². The van der Waals surface area contributed by atoms with Crippen molar-refractivity contribution in [2.24, 2.45) is 0 Å². The predicted octanol–water partition coefficient (Wildman–Crippen LogP) is 1.98. The molecule has 176 valence electrons. The highest BCUT2D eigenvalue weighted by atomic mass is 16.6. The van der Waals surface area contributed by atoms with E-state index >= 15 is 0 Å². The predicted molar refractivity (Wildman–Crippen MR) is 121 cm³/mol. The number of carbonyl (C=O) groups excluding carboxylic acids is 2. The summed E-state index contributed by atoms with van der Waals surface area (Å²) in [6.45, 7) is 6.82. The molecule has 2 saturated heterocycles. The highest BCUT2D eigenvalue weighted by Crippen LogP contribution is 2.33. The first-order chi connectivity index (χ1) is 16.1. The van der Waals surface area contributed by atoms with Gasteiger partial charge in [-0.3, -0.25) is 9.48 Å². The minimum Gasteiger partial charge on any atom is -0.444 e. The van der Waals surface area contributed by atoms with E-state index in [0.29, 0.717) is 24.3 Å². The fourth-order valence-electron chi connectivity index (χ4n) is 4.21. The molecule has 1 atom stereocenters. The van der Waals surface area contributed by atoms with E-state index in [4.69, 9.17) is 4.74 Å². The highest BCUT2D eigenvalue weighted by Gasteiger charge is 2.46. The molecule has 3 aromatic heterocycles. The number of likely N-dealkylation sites (tertiary alicyclic amines) is 1. The summed E-state index contributed by atoms with van der Waals surface area (Å²) in [6.07, 6.45) is 6.81. The molecule has 1 N–H and O–H groups in total. The Kier molecular flexibility index (Phi) is 4.87. The Morgan fingerprint density at radius 2 is 2.03 bits per heavy atom. The molecule has 2 aliphatic heterocycles. The molecule has 2 amide bonds. The van der Waals surface area contributed by atoms with Gasteiger partial charge in [0.2, 0.25) is 5.60 Å². The summed E-state index contributed by atoms with van der Waals surface area (Å²) < 4.78 is 8.90. The van der Waals surface area contributed by atoms with E-state index in [1.807, 2.05) is 43.9 Å². The Labute approximate surface area is 195 Å². The minimum atomic E-state index is -1.99. The van der Waals surface area contributed by atoms with E-state index in [2.05, 4.69) is 10.2 Å². The zero-order valence-electron chi connectivity index (χ0n) is 19.2. The van der Waals surface area contributed by atoms with Crippen molar-refractivity contribution in [3.63, 3.8) is 0 Å². The Bertz CT molecular complexity index is 1330. The summed E-state index contributed by atoms with van der Waals surface area (Å²) in [5.41, 5.74) is 0.466. The van der Waals surface area contributed by atoms with Crippen molar-refractivity contribution >= 4 is 23.2 Å². The summed E-state index contributed by atoms with van der Waals surface area (Å²) in [4.78, 5) is 27.9. The number of hydrogen-bond acceptors (Lipinski definition) is 7. The lowest BCUT2D eigenvalue weighted by molar-refractivity contribution is -0.128. The van der Waals surface area contributed by atoms with Gasteiger partial charge < -0.3 is 19.6 Å². The number of aliphatic hydroxyl groups is 1. The fraction of sp³-hybridized carbons (Fsp3) is 0.435. The summed E-state index contributed by atoms with van der Waals surface area (Å²) in [6, 6.07) is 5.38. The van der Waals surface area contributed by atoms with Gasteiger partial charge in [0.1, 0.15) is 11.7 Å². The van der Waals surface area contributed by atoms with Crippen LogP contribution in [0.3, 0.4) is 0 Å². The average molecular weight is 463 g/mol. The fourth-order valence-corrected chi connectivity index (χ4v) is 4.21. The third-order valence-corrected chi connectivity index (χ3v) is 6.08. The third kappa shape index (κ3) is 3.66. The van der Waals surface area contributed by atoms with E-state index in [0.717, 1.165) is 11.1 Å². The Morgan fingerprint density at radius 1 is 1.26 bits per heavy atom. The SMILES string of the molecule is CC(C)(C)OC(=O)N1CC(n2cc(-c3cc4c(N5CC[C@](O)(C#N)C5=O)ccnn4c3)cn2)C1. The molecule has 2 fully saturated rings. The van der Waals surface area contributed by atoms with Crippen LogP contribution in [0.1, 0.15) is 33.2 Å². The number of ether oxygens (including phenoxy) is 1. The van der Waals surface area contributed by atoms with Crippen molar-refractivity contribution < 1.29 is 19.4 Å². The number of amides is 2. The minimum absolute atomic E-state index is 0.0544. The van der Waals surface area contributed by atoms with Gasteiger partial charge in [0.05, 0.1) is 23.4 Å². The van der Waals surface area contributed by atoms with Crippen molar-refractivity contribution in [3.8, 4) is 17.2 Å². The van der Waals surface area contributed by atoms with E-state index < -0.39 is 17.1 Å². The van der Waals surface area contributed by atoms with Gasteiger partial charge in [0.15, 0.2) is 0 Å². The number of carbonyl (C=O) groups is 2. The molecule has 11 heteroatoms. The second kappa shape index (κ2) is 7.56. The summed E-state index contributed by atoms with van der Waals surface area (Å²) in [7, 11) is 0. The lowest BCUT2D eigenvalue weighted by atomic mass is 10.1. The zero-order valence-corrected chi connectivity index (χ0v) is 19.2. The van der Waals surface area contributed by atoms with Crippen LogP contribution >= 0.6 is 0 Å². The van der Waals surface area contributed by atoms with Crippen molar-refractivity contribution in [3.05, 3.63) is 36.9 Å². The van der Waals surface area contributed by atoms with Crippen LogP contribution in [-0.2, 0) is 9.53 Å². The van der Waals surface area contributed by atoms with Gasteiger partial charge in [0.25, 0.3) is 5.91 Å². The van der Waals surface area contributed by atoms with Crippen molar-refractivity contribution in [2.75, 3.05) is 24.5 Å². The van der Waals surface area contributed by atoms with Crippen molar-refractivity contribution in [1.29, 1.82) is 5.26 Å². The van der Waals surface area contributed by atoms with Crippen molar-refractivity contribution in [1.82, 2.24) is 24.3 Å². The summed E-state index contributed by atoms with van der Waals surface area (Å²) >= 11 is 0. The van der Waals surface area contributed by atoms with Crippen LogP contribution in [0.5, 0.6) is 0 Å². The molecule has 34 heavy (non-hydrogen) atoms. The van der Waals surface area contributed by atoms with Gasteiger partial charge in [-0.1, -0.05) is 0 Å². The second-order valence-corrected chi connectivity index (χ2v) is 9.70. The number of aromatic nitrogens is 4. The zero-order chi connectivity index (χ0) is 24.3. The first kappa shape index (κ1) is 21.9. The van der Waals surface area contributed by atoms with E-state index in [-0.39, 0.29) is 25.1 Å². The third-order valence-electron chi connectivity index (χ3n) is 6.08. The van der Waals surface area contributed by atoms with Crippen LogP contribution < -0.4 is 4.90 Å². The lowest BCUT2D eigenvalue weighted by Crippen LogP contribution is -2.52. The average Bonchev–Trinajstić information content (AvgIpc) is 3.44. The Morgan fingerprint density at radius 3 is 2.71 bits per heavy atom. The molecule has 2 aliphatic rings. The first-order valence-electron chi connectivity index (χ1n) is 11.0. The largest absolute Gasteiger partial charge is 0.444 e. The van der Waals surface area contributed by atoms with E-state index in [1.54, 1.807) is 33.9 Å². The normalized spacial score (nSPS) is 21.1. The molecule has 0 spiro atoms. The van der Waals surface area contributed by atoms with Gasteiger partial charge >= 0.3 is 6.09 Å². The number of nitriles is 1. The van der Waals surface area contributed by atoms with Gasteiger partial charge in [-0.2, -0.15) is 15.5 Å². The number of nitrogens with zero attached hydrogens (tertiary/aromatic N) is 7. The molecule has 0 saturated carbocycles. The molecule has 11 nitrogen and oxygen atoms in total. The molecule has 0 unspecified atom stereocenters. The van der Waals surface area contributed by atoms with Crippen LogP contribution in [-0.4, -0.2) is 72.2 Å². The number of rotatable bonds is 3. The molecule has 0 bridgehead atoms. The van der Waals surface area contributed by atoms with E-state index in [9.17, 15) is 20.0 Å². The maximum Gasteiger partial charge on any atom is 0.410 e. The van der Waals surface area contributed by atoms with Crippen LogP contribution in [0.15, 0.2) is 36.9 Å². The van der Waals surface area contributed by atoms with Gasteiger partial charge in [-0.15, -0.1) is 0 Å². The standard InChI is InChI=1S/C23H25N7O4/c1-22(2,3)34-21(32)27-12-17(13-27)29-11-16(9-26-29)15-8-19-18(4-6-25-30(19)10-15)28-7-5-23(33,14-24)20(28)31/h4,6,8-11,17,33H,5,7,12-13H2,1-3H3/t23-/m0/s1. The molecule has 5 rings (SSSR count). The molecular formula is C23H25N7O4. The number of hydrogen-bond donors (Lipinski definition) is 1. The second-order valence-electron chi connectivity index (χ2n) is 9.70. The Balaban J connectivity index is 1.34. The summed E-state index contributed by atoms with van der Waals surface area (Å²) in [5.74, 6) is -0.627. The summed E-state index contributed by atoms with van der Waals surface area (Å²) in [5, 5.41) is 28.2. The van der Waals surface area contributed by atoms with Gasteiger partial charge in [0, 0.05) is 55.8 Å². The van der Waals surface area contributed by atoms with E-state index in [1.165, 1.54) is 4.90 Å². The molecule has 0 aromatic carbocycles. The van der Waals surface area contributed by atoms with Crippen LogP contribution in [0.25, 0.3) is 16.6 Å². The van der Waals surface area contributed by atoms with Gasteiger partial charge in [-0.05, 0) is 32.9 Å². The molecule has 5 heterocycles. The van der Waals surface area contributed by atoms with Crippen LogP contribution in [0.2, 0.25) is 0 Å². The molecule has 0 aliphatic carbocycles. The highest BCUT2D eigenvalue weighted by molar-refractivity contribution is 6.06. The maximum absolute atomic E-state index is 12.6. The van der Waals surface area contributed by atoms with Gasteiger partial charge in [-0.25, -0.2) is 9.31 Å². The molecular weight excluding hydrogens is 438 g/mol. The van der Waals surface area contributed by atoms with Crippen LogP contribution in [0.4, 0.5) is 10.5 Å². The number of anilines is 1. The smallest absolute Gasteiger partial charge is 0.410 e. The van der Waals surface area contributed by atoms with Crippen molar-refractivity contribution in [2.45, 2.75) is 44.4 Å². The monoisotopic (exact) mass is 463 g/mol. The molecule has 3 aromatic rings.